The van der Waals surface area contributed by atoms with Crippen LogP contribution in [0.25, 0.3) is 11.5 Å². The Labute approximate surface area is 247 Å². The van der Waals surface area contributed by atoms with Gasteiger partial charge in [-0.2, -0.15) is 15.2 Å². The smallest absolute Gasteiger partial charge is 0.226 e. The number of nitrogen functional groups attached to an aromatic ring is 1. The summed E-state index contributed by atoms with van der Waals surface area (Å²) in [5.41, 5.74) is 9.04. The fraction of sp³-hybridized carbons (Fsp3) is 0.467. The highest BCUT2D eigenvalue weighted by atomic mass is 32.1. The van der Waals surface area contributed by atoms with E-state index in [1.165, 1.54) is 22.5 Å². The largest absolute Gasteiger partial charge is 0.473 e. The van der Waals surface area contributed by atoms with Crippen LogP contribution in [-0.2, 0) is 18.3 Å². The van der Waals surface area contributed by atoms with E-state index in [4.69, 9.17) is 29.7 Å². The van der Waals surface area contributed by atoms with E-state index < -0.39 is 5.41 Å². The second-order valence-electron chi connectivity index (χ2n) is 11.4. The van der Waals surface area contributed by atoms with E-state index in [9.17, 15) is 5.26 Å². The van der Waals surface area contributed by atoms with Crippen LogP contribution in [0.3, 0.4) is 0 Å². The molecular weight excluding hydrogens is 552 g/mol. The van der Waals surface area contributed by atoms with E-state index in [1.807, 2.05) is 0 Å². The Morgan fingerprint density at radius 2 is 1.95 bits per heavy atom. The SMILES string of the molecule is C[C@H](Oc1cc(Oc2cncnc2)nc(-c2noc3c2CCC[C@@]32CCCc3sc(N)c(C#N)c32)n1)[C@@H]1CCCN1C. The molecule has 4 aromatic heterocycles. The first-order chi connectivity index (χ1) is 20.5. The molecule has 7 rings (SSSR count). The number of aromatic nitrogens is 5. The fourth-order valence-corrected chi connectivity index (χ4v) is 8.26. The highest BCUT2D eigenvalue weighted by Crippen LogP contribution is 2.55. The molecule has 1 spiro atoms. The minimum atomic E-state index is -0.429. The molecule has 1 saturated heterocycles. The van der Waals surface area contributed by atoms with Crippen molar-refractivity contribution in [2.24, 2.45) is 0 Å². The number of nitrogens with two attached hydrogens (primary N) is 1. The van der Waals surface area contributed by atoms with Gasteiger partial charge in [-0.15, -0.1) is 11.3 Å². The van der Waals surface area contributed by atoms with Crippen molar-refractivity contribution in [1.29, 1.82) is 5.26 Å². The van der Waals surface area contributed by atoms with Crippen LogP contribution in [0.1, 0.15) is 72.8 Å². The Bertz CT molecular complexity index is 1660. The molecular formula is C30H32N8O3S. The highest BCUT2D eigenvalue weighted by molar-refractivity contribution is 7.16. The molecule has 3 atom stereocenters. The highest BCUT2D eigenvalue weighted by Gasteiger charge is 2.48. The van der Waals surface area contributed by atoms with Crippen LogP contribution >= 0.6 is 11.3 Å². The van der Waals surface area contributed by atoms with E-state index in [2.05, 4.69) is 40.1 Å². The maximum absolute atomic E-state index is 10.0. The number of likely N-dealkylation sites (tertiary alicyclic amines) is 1. The van der Waals surface area contributed by atoms with Crippen molar-refractivity contribution in [3.05, 3.63) is 52.1 Å². The third-order valence-corrected chi connectivity index (χ3v) is 10.0. The third-order valence-electron chi connectivity index (χ3n) is 8.93. The normalized spacial score (nSPS) is 22.4. The Hall–Kier alpha value is -4.08. The summed E-state index contributed by atoms with van der Waals surface area (Å²) in [6, 6.07) is 4.36. The van der Waals surface area contributed by atoms with Crippen molar-refractivity contribution in [1.82, 2.24) is 30.0 Å². The van der Waals surface area contributed by atoms with E-state index in [-0.39, 0.29) is 6.10 Å². The Kier molecular flexibility index (Phi) is 6.79. The monoisotopic (exact) mass is 584 g/mol. The summed E-state index contributed by atoms with van der Waals surface area (Å²) in [7, 11) is 2.12. The molecule has 0 unspecified atom stereocenters. The minimum Gasteiger partial charge on any atom is -0.473 e. The number of fused-ring (bicyclic) bond motifs is 4. The minimum absolute atomic E-state index is 0.0863. The number of likely N-dealkylation sites (N-methyl/N-ethyl adjacent to an activating group) is 1. The van der Waals surface area contributed by atoms with E-state index >= 15 is 0 Å². The van der Waals surface area contributed by atoms with Crippen LogP contribution in [0, 0.1) is 11.3 Å². The van der Waals surface area contributed by atoms with Crippen LogP contribution < -0.4 is 15.2 Å². The van der Waals surface area contributed by atoms with Gasteiger partial charge < -0.3 is 19.7 Å². The van der Waals surface area contributed by atoms with Crippen molar-refractivity contribution < 1.29 is 14.0 Å². The molecule has 0 bridgehead atoms. The standard InChI is InChI=1S/C30H32N8O3S/c1-17(21-7-5-11-38(21)2)39-23-12-24(40-18-14-33-16-34-15-18)36-29(35-23)26-19-6-3-9-30(27(19)41-37-26)10-4-8-22-25(30)20(13-31)28(32)42-22/h12,14-17,21H,3-11,32H2,1-2H3/t17-,21-,30-/m0/s1. The Balaban J connectivity index is 1.31. The molecule has 0 aromatic carbocycles. The zero-order valence-electron chi connectivity index (χ0n) is 23.7. The van der Waals surface area contributed by atoms with Gasteiger partial charge in [0.1, 0.15) is 23.5 Å². The maximum Gasteiger partial charge on any atom is 0.226 e. The lowest BCUT2D eigenvalue weighted by Crippen LogP contribution is -2.38. The zero-order valence-corrected chi connectivity index (χ0v) is 24.5. The van der Waals surface area contributed by atoms with Crippen molar-refractivity contribution >= 4 is 16.3 Å². The van der Waals surface area contributed by atoms with Crippen molar-refractivity contribution in [2.45, 2.75) is 75.9 Å². The summed E-state index contributed by atoms with van der Waals surface area (Å²) in [6.07, 6.45) is 12.1. The van der Waals surface area contributed by atoms with Crippen molar-refractivity contribution in [3.8, 4) is 35.1 Å². The summed E-state index contributed by atoms with van der Waals surface area (Å²) in [5.74, 6) is 2.32. The predicted octanol–water partition coefficient (Wildman–Crippen LogP) is 5.05. The number of rotatable bonds is 6. The predicted molar refractivity (Wildman–Crippen MR) is 155 cm³/mol. The van der Waals surface area contributed by atoms with Gasteiger partial charge in [-0.25, -0.2) is 9.97 Å². The lowest BCUT2D eigenvalue weighted by Gasteiger charge is -2.39. The number of hydrogen-bond acceptors (Lipinski definition) is 12. The first-order valence-electron chi connectivity index (χ1n) is 14.5. The summed E-state index contributed by atoms with van der Waals surface area (Å²) in [5, 5.41) is 15.2. The van der Waals surface area contributed by atoms with Crippen LogP contribution in [-0.4, -0.2) is 55.7 Å². The molecule has 11 nitrogen and oxygen atoms in total. The Morgan fingerprint density at radius 3 is 2.71 bits per heavy atom. The number of aryl methyl sites for hydroxylation is 1. The Morgan fingerprint density at radius 1 is 1.17 bits per heavy atom. The molecule has 2 N–H and O–H groups in total. The molecule has 1 fully saturated rings. The van der Waals surface area contributed by atoms with E-state index in [0.29, 0.717) is 45.6 Å². The summed E-state index contributed by atoms with van der Waals surface area (Å²) >= 11 is 1.53. The van der Waals surface area contributed by atoms with E-state index in [1.54, 1.807) is 18.5 Å². The summed E-state index contributed by atoms with van der Waals surface area (Å²) in [6.45, 7) is 3.12. The topological polar surface area (TPSA) is 149 Å². The van der Waals surface area contributed by atoms with Gasteiger partial charge in [-0.05, 0) is 77.4 Å². The molecule has 216 valence electrons. The molecule has 42 heavy (non-hydrogen) atoms. The number of nitriles is 1. The first-order valence-corrected chi connectivity index (χ1v) is 15.3. The maximum atomic E-state index is 10.0. The van der Waals surface area contributed by atoms with E-state index in [0.717, 1.165) is 74.8 Å². The zero-order chi connectivity index (χ0) is 28.8. The molecule has 0 radical (unpaired) electrons. The molecule has 3 aliphatic rings. The second-order valence-corrected chi connectivity index (χ2v) is 12.6. The van der Waals surface area contributed by atoms with Gasteiger partial charge in [-0.1, -0.05) is 5.16 Å². The number of hydrogen-bond donors (Lipinski definition) is 1. The average Bonchev–Trinajstić information content (AvgIpc) is 3.70. The number of nitrogens with zero attached hydrogens (tertiary/aromatic N) is 7. The number of ether oxygens (including phenoxy) is 2. The summed E-state index contributed by atoms with van der Waals surface area (Å²) < 4.78 is 18.6. The van der Waals surface area contributed by atoms with Gasteiger partial charge in [0.2, 0.25) is 11.8 Å². The molecule has 1 aliphatic heterocycles. The van der Waals surface area contributed by atoms with Gasteiger partial charge in [0.25, 0.3) is 0 Å². The average molecular weight is 585 g/mol. The quantitative estimate of drug-likeness (QED) is 0.324. The van der Waals surface area contributed by atoms with Gasteiger partial charge in [0.05, 0.1) is 29.4 Å². The number of anilines is 1. The lowest BCUT2D eigenvalue weighted by atomic mass is 9.63. The van der Waals surface area contributed by atoms with Gasteiger partial charge in [0, 0.05) is 16.5 Å². The van der Waals surface area contributed by atoms with Gasteiger partial charge in [0.15, 0.2) is 23.0 Å². The molecule has 0 saturated carbocycles. The first kappa shape index (κ1) is 26.8. The van der Waals surface area contributed by atoms with Crippen LogP contribution in [0.15, 0.2) is 29.3 Å². The van der Waals surface area contributed by atoms with Crippen LogP contribution in [0.4, 0.5) is 5.00 Å². The molecule has 4 aromatic rings. The van der Waals surface area contributed by atoms with Gasteiger partial charge in [-0.3, -0.25) is 4.90 Å². The summed E-state index contributed by atoms with van der Waals surface area (Å²) in [4.78, 5) is 21.2. The number of thiophene rings is 1. The molecule has 0 amide bonds. The third kappa shape index (κ3) is 4.48. The molecule has 2 aliphatic carbocycles. The van der Waals surface area contributed by atoms with Crippen LogP contribution in [0.2, 0.25) is 0 Å². The fourth-order valence-electron chi connectivity index (χ4n) is 7.10. The lowest BCUT2D eigenvalue weighted by molar-refractivity contribution is 0.116. The molecule has 12 heteroatoms. The van der Waals surface area contributed by atoms with Crippen molar-refractivity contribution in [3.63, 3.8) is 0 Å². The molecule has 5 heterocycles. The van der Waals surface area contributed by atoms with Gasteiger partial charge >= 0.3 is 0 Å². The second kappa shape index (κ2) is 10.6. The van der Waals surface area contributed by atoms with Crippen molar-refractivity contribution in [2.75, 3.05) is 19.3 Å². The van der Waals surface area contributed by atoms with Crippen LogP contribution in [0.5, 0.6) is 17.5 Å².